The van der Waals surface area contributed by atoms with Crippen LogP contribution in [0.2, 0.25) is 5.02 Å². The fraction of sp³-hybridized carbons (Fsp3) is 0.357. The summed E-state index contributed by atoms with van der Waals surface area (Å²) in [5, 5.41) is 10.7. The van der Waals surface area contributed by atoms with Crippen LogP contribution in [0.15, 0.2) is 30.9 Å². The first-order valence-corrected chi connectivity index (χ1v) is 6.43. The van der Waals surface area contributed by atoms with Gasteiger partial charge in [-0.15, -0.1) is 6.58 Å². The zero-order chi connectivity index (χ0) is 15.5. The highest BCUT2D eigenvalue weighted by Gasteiger charge is 2.29. The molecule has 108 valence electrons. The largest absolute Gasteiger partial charge is 0.330 e. The van der Waals surface area contributed by atoms with E-state index in [1.165, 1.54) is 18.2 Å². The Bertz CT molecular complexity index is 550. The van der Waals surface area contributed by atoms with Crippen LogP contribution in [0.3, 0.4) is 0 Å². The Labute approximate surface area is 123 Å². The monoisotopic (exact) mass is 296 g/mol. The molecule has 0 saturated carbocycles. The van der Waals surface area contributed by atoms with E-state index in [2.05, 4.69) is 6.58 Å². The minimum Gasteiger partial charge on any atom is -0.330 e. The number of carbonyl (C=O) groups is 1. The highest BCUT2D eigenvalue weighted by molar-refractivity contribution is 6.35. The van der Waals surface area contributed by atoms with Gasteiger partial charge in [-0.2, -0.15) is 0 Å². The first kappa shape index (κ1) is 16.2. The van der Waals surface area contributed by atoms with Crippen LogP contribution in [0, 0.1) is 10.1 Å². The van der Waals surface area contributed by atoms with Gasteiger partial charge >= 0.3 is 0 Å². The smallest absolute Gasteiger partial charge is 0.288 e. The number of hydrogen-bond acceptors (Lipinski definition) is 3. The summed E-state index contributed by atoms with van der Waals surface area (Å²) in [4.78, 5) is 24.4. The average molecular weight is 297 g/mol. The maximum absolute atomic E-state index is 12.5. The van der Waals surface area contributed by atoms with Gasteiger partial charge in [-0.25, -0.2) is 0 Å². The normalized spacial score (nSPS) is 11.0. The topological polar surface area (TPSA) is 63.5 Å². The summed E-state index contributed by atoms with van der Waals surface area (Å²) < 4.78 is 0. The van der Waals surface area contributed by atoms with Crippen molar-refractivity contribution < 1.29 is 9.72 Å². The molecule has 0 aliphatic heterocycles. The fourth-order valence-electron chi connectivity index (χ4n) is 1.76. The Morgan fingerprint density at radius 1 is 1.50 bits per heavy atom. The fourth-order valence-corrected chi connectivity index (χ4v) is 2.04. The quantitative estimate of drug-likeness (QED) is 0.484. The summed E-state index contributed by atoms with van der Waals surface area (Å²) in [6.45, 7) is 9.58. The van der Waals surface area contributed by atoms with Gasteiger partial charge in [0.1, 0.15) is 5.02 Å². The zero-order valence-corrected chi connectivity index (χ0v) is 12.5. The molecule has 0 aliphatic rings. The summed E-state index contributed by atoms with van der Waals surface area (Å²) in [6, 6.07) is 4.21. The molecular formula is C14H17ClN2O3. The Balaban J connectivity index is 3.29. The molecule has 0 atom stereocenters. The second-order valence-electron chi connectivity index (χ2n) is 5.27. The van der Waals surface area contributed by atoms with E-state index in [0.717, 1.165) is 0 Å². The molecule has 5 nitrogen and oxygen atoms in total. The van der Waals surface area contributed by atoms with Crippen LogP contribution < -0.4 is 0 Å². The molecule has 1 aromatic carbocycles. The van der Waals surface area contributed by atoms with E-state index in [9.17, 15) is 14.9 Å². The lowest BCUT2D eigenvalue weighted by Gasteiger charge is -2.35. The first-order valence-electron chi connectivity index (χ1n) is 6.06. The number of hydrogen-bond donors (Lipinski definition) is 0. The molecule has 0 radical (unpaired) electrons. The Morgan fingerprint density at radius 3 is 2.55 bits per heavy atom. The van der Waals surface area contributed by atoms with Gasteiger partial charge < -0.3 is 4.90 Å². The summed E-state index contributed by atoms with van der Waals surface area (Å²) in [7, 11) is 0. The lowest BCUT2D eigenvalue weighted by atomic mass is 10.0. The van der Waals surface area contributed by atoms with E-state index in [4.69, 9.17) is 11.6 Å². The van der Waals surface area contributed by atoms with Crippen molar-refractivity contribution in [2.24, 2.45) is 0 Å². The van der Waals surface area contributed by atoms with Crippen LogP contribution in [0.5, 0.6) is 0 Å². The molecule has 6 heteroatoms. The zero-order valence-electron chi connectivity index (χ0n) is 11.7. The number of carbonyl (C=O) groups excluding carboxylic acids is 1. The molecular weight excluding hydrogens is 280 g/mol. The van der Waals surface area contributed by atoms with Crippen molar-refractivity contribution in [1.29, 1.82) is 0 Å². The van der Waals surface area contributed by atoms with E-state index in [1.54, 1.807) is 11.0 Å². The van der Waals surface area contributed by atoms with Crippen molar-refractivity contribution in [3.8, 4) is 0 Å². The maximum atomic E-state index is 12.5. The summed E-state index contributed by atoms with van der Waals surface area (Å²) in [5.74, 6) is -0.355. The molecule has 1 rings (SSSR count). The summed E-state index contributed by atoms with van der Waals surface area (Å²) in [5.41, 5.74) is -0.596. The maximum Gasteiger partial charge on any atom is 0.288 e. The van der Waals surface area contributed by atoms with Gasteiger partial charge in [0.15, 0.2) is 0 Å². The van der Waals surface area contributed by atoms with Gasteiger partial charge in [0.05, 0.1) is 10.5 Å². The van der Waals surface area contributed by atoms with Crippen LogP contribution in [-0.2, 0) is 0 Å². The number of nitro groups is 1. The van der Waals surface area contributed by atoms with E-state index < -0.39 is 10.5 Å². The molecule has 0 spiro atoms. The molecule has 0 fully saturated rings. The molecule has 0 unspecified atom stereocenters. The SMILES string of the molecule is C=CCN(C(=O)c1cccc([N+](=O)[O-])c1Cl)C(C)(C)C. The van der Waals surface area contributed by atoms with Crippen LogP contribution in [0.4, 0.5) is 5.69 Å². The lowest BCUT2D eigenvalue weighted by molar-refractivity contribution is -0.384. The lowest BCUT2D eigenvalue weighted by Crippen LogP contribution is -2.45. The first-order chi connectivity index (χ1) is 9.20. The van der Waals surface area contributed by atoms with Crippen LogP contribution >= 0.6 is 11.6 Å². The average Bonchev–Trinajstić information content (AvgIpc) is 2.33. The number of benzene rings is 1. The number of nitro benzene ring substituents is 1. The van der Waals surface area contributed by atoms with Crippen molar-refractivity contribution >= 4 is 23.2 Å². The Morgan fingerprint density at radius 2 is 2.10 bits per heavy atom. The highest BCUT2D eigenvalue weighted by Crippen LogP contribution is 2.30. The molecule has 0 N–H and O–H groups in total. The van der Waals surface area contributed by atoms with E-state index in [1.807, 2.05) is 20.8 Å². The van der Waals surface area contributed by atoms with Crippen molar-refractivity contribution in [2.45, 2.75) is 26.3 Å². The molecule has 20 heavy (non-hydrogen) atoms. The molecule has 0 aromatic heterocycles. The molecule has 0 bridgehead atoms. The number of halogens is 1. The summed E-state index contributed by atoms with van der Waals surface area (Å²) >= 11 is 5.98. The molecule has 0 saturated heterocycles. The second-order valence-corrected chi connectivity index (χ2v) is 5.65. The van der Waals surface area contributed by atoms with Gasteiger partial charge in [0.2, 0.25) is 0 Å². The molecule has 1 aromatic rings. The molecule has 1 amide bonds. The van der Waals surface area contributed by atoms with E-state index in [-0.39, 0.29) is 22.2 Å². The van der Waals surface area contributed by atoms with Crippen molar-refractivity contribution in [3.05, 3.63) is 51.6 Å². The van der Waals surface area contributed by atoms with Crippen molar-refractivity contribution in [1.82, 2.24) is 4.90 Å². The van der Waals surface area contributed by atoms with Gasteiger partial charge in [0.25, 0.3) is 11.6 Å². The number of rotatable bonds is 4. The third-order valence-electron chi connectivity index (χ3n) is 2.77. The van der Waals surface area contributed by atoms with Crippen molar-refractivity contribution in [3.63, 3.8) is 0 Å². The van der Waals surface area contributed by atoms with E-state index >= 15 is 0 Å². The molecule has 0 heterocycles. The number of amides is 1. The third kappa shape index (κ3) is 3.36. The van der Waals surface area contributed by atoms with Gasteiger partial charge in [0, 0.05) is 18.2 Å². The van der Waals surface area contributed by atoms with Gasteiger partial charge in [-0.1, -0.05) is 23.7 Å². The minimum absolute atomic E-state index is 0.123. The predicted molar refractivity (Wildman–Crippen MR) is 79.1 cm³/mol. The van der Waals surface area contributed by atoms with Gasteiger partial charge in [-0.05, 0) is 26.8 Å². The standard InChI is InChI=1S/C14H17ClN2O3/c1-5-9-16(14(2,3)4)13(18)10-7-6-8-11(12(10)15)17(19)20/h5-8H,1,9H2,2-4H3. The third-order valence-corrected chi connectivity index (χ3v) is 3.17. The van der Waals surface area contributed by atoms with Crippen LogP contribution in [0.25, 0.3) is 0 Å². The second kappa shape index (κ2) is 6.05. The van der Waals surface area contributed by atoms with E-state index in [0.29, 0.717) is 6.54 Å². The summed E-state index contributed by atoms with van der Waals surface area (Å²) in [6.07, 6.45) is 1.61. The number of nitrogens with zero attached hydrogens (tertiary/aromatic N) is 2. The molecule has 0 aliphatic carbocycles. The minimum atomic E-state index is -0.603. The Hall–Kier alpha value is -1.88. The van der Waals surface area contributed by atoms with Crippen LogP contribution in [0.1, 0.15) is 31.1 Å². The predicted octanol–water partition coefficient (Wildman–Crippen LogP) is 3.67. The Kier molecular flexibility index (Phi) is 4.89. The highest BCUT2D eigenvalue weighted by atomic mass is 35.5. The van der Waals surface area contributed by atoms with Crippen molar-refractivity contribution in [2.75, 3.05) is 6.54 Å². The van der Waals surface area contributed by atoms with Gasteiger partial charge in [-0.3, -0.25) is 14.9 Å². The van der Waals surface area contributed by atoms with Crippen LogP contribution in [-0.4, -0.2) is 27.8 Å².